The minimum Gasteiger partial charge on any atom is -0.384 e. The minimum absolute atomic E-state index is 0.130. The van der Waals surface area contributed by atoms with Gasteiger partial charge in [-0.2, -0.15) is 0 Å². The summed E-state index contributed by atoms with van der Waals surface area (Å²) in [4.78, 5) is 24.2. The summed E-state index contributed by atoms with van der Waals surface area (Å²) < 4.78 is -0.363. The summed E-state index contributed by atoms with van der Waals surface area (Å²) >= 11 is 21.6. The highest BCUT2D eigenvalue weighted by atomic mass is 79.9. The van der Waals surface area contributed by atoms with Crippen LogP contribution in [-0.4, -0.2) is 32.3 Å². The van der Waals surface area contributed by atoms with Crippen LogP contribution >= 0.6 is 50.7 Å². The number of carbonyl (C=O) groups excluding carboxylic acids is 2. The van der Waals surface area contributed by atoms with Crippen molar-refractivity contribution in [3.63, 3.8) is 0 Å². The van der Waals surface area contributed by atoms with Crippen LogP contribution in [-0.2, 0) is 0 Å². The molecule has 6 rings (SSSR count). The fourth-order valence-corrected chi connectivity index (χ4v) is 7.70. The summed E-state index contributed by atoms with van der Waals surface area (Å²) in [5.41, 5.74) is 1.30. The molecule has 0 aliphatic heterocycles. The Bertz CT molecular complexity index is 1380. The zero-order valence-electron chi connectivity index (χ0n) is 24.8. The second kappa shape index (κ2) is 16.0. The predicted molar refractivity (Wildman–Crippen MR) is 185 cm³/mol. The van der Waals surface area contributed by atoms with Gasteiger partial charge in [0.2, 0.25) is 0 Å². The van der Waals surface area contributed by atoms with Crippen LogP contribution in [0.4, 0.5) is 0 Å². The molecular formula is C36H39BrCl3NO3. The monoisotopic (exact) mass is 717 g/mol. The molecule has 3 aromatic rings. The van der Waals surface area contributed by atoms with Gasteiger partial charge in [-0.25, -0.2) is 0 Å². The standard InChI is InChI=1S/C12H12BrClO.C12H14ClNO.C12H13ClO/c13-12(7-3-4-8-12)11(15)9-5-1-2-6-10(9)14;13-10-6-2-1-5-9(10)11(14)12(15)7-3-4-8-12;13-11-8-4-3-7-10(11)12(14)9-5-1-2-6-9/h1-2,5-6H,3-4,7-8H2;1-2,5-6,14-15H,3-4,7-8H2;3-4,7-9H,1-2,5-6H2. The van der Waals surface area contributed by atoms with Crippen LogP contribution in [0.2, 0.25) is 15.1 Å². The van der Waals surface area contributed by atoms with E-state index in [1.807, 2.05) is 42.5 Å². The van der Waals surface area contributed by atoms with Gasteiger partial charge in [-0.15, -0.1) is 0 Å². The SMILES string of the molecule is N=C(c1ccccc1Cl)C1(O)CCCC1.O=C(c1ccccc1Cl)C1(Br)CCCC1.O=C(c1ccccc1Cl)C1CCCC1. The van der Waals surface area contributed by atoms with Crippen molar-refractivity contribution in [3.05, 3.63) is 105 Å². The van der Waals surface area contributed by atoms with Crippen LogP contribution in [0, 0.1) is 11.3 Å². The normalized spacial score (nSPS) is 18.5. The lowest BCUT2D eigenvalue weighted by atomic mass is 9.90. The molecular weight excluding hydrogens is 681 g/mol. The number of benzene rings is 3. The first-order valence-electron chi connectivity index (χ1n) is 15.4. The average Bonchev–Trinajstić information content (AvgIpc) is 3.82. The summed E-state index contributed by atoms with van der Waals surface area (Å²) in [7, 11) is 0. The summed E-state index contributed by atoms with van der Waals surface area (Å²) in [6.07, 6.45) is 11.8. The first kappa shape index (κ1) is 34.8. The van der Waals surface area contributed by atoms with E-state index in [4.69, 9.17) is 40.2 Å². The Balaban J connectivity index is 0.000000151. The topological polar surface area (TPSA) is 78.2 Å². The lowest BCUT2D eigenvalue weighted by molar-refractivity contribution is 0.0921. The second-order valence-corrected chi connectivity index (χ2v) is 14.6. The molecule has 0 unspecified atom stereocenters. The van der Waals surface area contributed by atoms with Crippen LogP contribution in [0.15, 0.2) is 72.8 Å². The Kier molecular flexibility index (Phi) is 12.7. The molecule has 3 fully saturated rings. The molecule has 0 bridgehead atoms. The summed E-state index contributed by atoms with van der Waals surface area (Å²) in [6.45, 7) is 0. The molecule has 0 saturated heterocycles. The number of nitrogens with one attached hydrogen (secondary N) is 1. The van der Waals surface area contributed by atoms with Gasteiger partial charge in [0.05, 0.1) is 20.1 Å². The first-order valence-corrected chi connectivity index (χ1v) is 17.3. The highest BCUT2D eigenvalue weighted by molar-refractivity contribution is 9.10. The molecule has 3 aliphatic carbocycles. The number of rotatable bonds is 6. The van der Waals surface area contributed by atoms with E-state index in [1.54, 1.807) is 30.3 Å². The molecule has 0 radical (unpaired) electrons. The zero-order chi connectivity index (χ0) is 31.7. The molecule has 0 spiro atoms. The smallest absolute Gasteiger partial charge is 0.181 e. The van der Waals surface area contributed by atoms with Gasteiger partial charge in [0.25, 0.3) is 0 Å². The quantitative estimate of drug-likeness (QED) is 0.151. The molecule has 4 nitrogen and oxygen atoms in total. The van der Waals surface area contributed by atoms with Gasteiger partial charge in [0.15, 0.2) is 11.6 Å². The molecule has 234 valence electrons. The van der Waals surface area contributed by atoms with Crippen LogP contribution in [0.5, 0.6) is 0 Å². The number of hydrogen-bond donors (Lipinski definition) is 2. The molecule has 44 heavy (non-hydrogen) atoms. The Morgan fingerprint density at radius 2 is 1.07 bits per heavy atom. The Labute approximate surface area is 284 Å². The molecule has 3 aromatic carbocycles. The van der Waals surface area contributed by atoms with Gasteiger partial charge in [-0.3, -0.25) is 9.59 Å². The van der Waals surface area contributed by atoms with E-state index in [1.165, 1.54) is 12.8 Å². The molecule has 0 heterocycles. The van der Waals surface area contributed by atoms with Crippen molar-refractivity contribution in [2.24, 2.45) is 5.92 Å². The number of alkyl halides is 1. The van der Waals surface area contributed by atoms with Crippen molar-refractivity contribution >= 4 is 68.0 Å². The number of halogens is 4. The number of ketones is 2. The molecule has 3 saturated carbocycles. The van der Waals surface area contributed by atoms with Crippen LogP contribution < -0.4 is 0 Å². The number of Topliss-reactive ketones (excluding diaryl/α,β-unsaturated/α-hetero) is 2. The number of carbonyl (C=O) groups is 2. The third-order valence-electron chi connectivity index (χ3n) is 8.83. The van der Waals surface area contributed by atoms with Gasteiger partial charge >= 0.3 is 0 Å². The second-order valence-electron chi connectivity index (χ2n) is 11.9. The Hall–Kier alpha value is -2.02. The van der Waals surface area contributed by atoms with Crippen LogP contribution in [0.25, 0.3) is 0 Å². The minimum atomic E-state index is -0.953. The van der Waals surface area contributed by atoms with Gasteiger partial charge in [0, 0.05) is 27.6 Å². The van der Waals surface area contributed by atoms with Gasteiger partial charge < -0.3 is 10.5 Å². The van der Waals surface area contributed by atoms with Gasteiger partial charge in [-0.05, 0) is 68.9 Å². The summed E-state index contributed by atoms with van der Waals surface area (Å²) in [6, 6.07) is 21.8. The third-order valence-corrected chi connectivity index (χ3v) is 11.0. The lowest BCUT2D eigenvalue weighted by Gasteiger charge is -2.23. The van der Waals surface area contributed by atoms with E-state index in [-0.39, 0.29) is 27.5 Å². The predicted octanol–water partition coefficient (Wildman–Crippen LogP) is 11.0. The molecule has 3 aliphatic rings. The van der Waals surface area contributed by atoms with E-state index in [9.17, 15) is 14.7 Å². The Morgan fingerprint density at radius 3 is 1.55 bits per heavy atom. The highest BCUT2D eigenvalue weighted by Gasteiger charge is 2.39. The van der Waals surface area contributed by atoms with Crippen molar-refractivity contribution in [1.82, 2.24) is 0 Å². The molecule has 8 heteroatoms. The number of aliphatic hydroxyl groups is 1. The first-order chi connectivity index (χ1) is 21.1. The highest BCUT2D eigenvalue weighted by Crippen LogP contribution is 2.41. The van der Waals surface area contributed by atoms with E-state index in [2.05, 4.69) is 15.9 Å². The maximum atomic E-state index is 12.3. The summed E-state index contributed by atoms with van der Waals surface area (Å²) in [5.74, 6) is 0.577. The molecule has 0 atom stereocenters. The maximum absolute atomic E-state index is 12.3. The lowest BCUT2D eigenvalue weighted by Crippen LogP contribution is -2.35. The van der Waals surface area contributed by atoms with E-state index < -0.39 is 5.60 Å². The largest absolute Gasteiger partial charge is 0.384 e. The third kappa shape index (κ3) is 8.61. The Morgan fingerprint density at radius 1 is 0.659 bits per heavy atom. The average molecular weight is 720 g/mol. The maximum Gasteiger partial charge on any atom is 0.181 e. The number of hydrogen-bond acceptors (Lipinski definition) is 4. The molecule has 0 aromatic heterocycles. The van der Waals surface area contributed by atoms with Crippen molar-refractivity contribution in [2.45, 2.75) is 87.0 Å². The fourth-order valence-electron chi connectivity index (χ4n) is 6.24. The zero-order valence-corrected chi connectivity index (χ0v) is 28.6. The van der Waals surface area contributed by atoms with Crippen molar-refractivity contribution in [3.8, 4) is 0 Å². The fraction of sp³-hybridized carbons (Fsp3) is 0.417. The summed E-state index contributed by atoms with van der Waals surface area (Å²) in [5, 5.41) is 20.0. The van der Waals surface area contributed by atoms with E-state index in [0.717, 1.165) is 51.4 Å². The van der Waals surface area contributed by atoms with E-state index >= 15 is 0 Å². The van der Waals surface area contributed by atoms with Crippen molar-refractivity contribution in [1.29, 1.82) is 5.41 Å². The molecule has 2 N–H and O–H groups in total. The van der Waals surface area contributed by atoms with Crippen molar-refractivity contribution < 1.29 is 14.7 Å². The van der Waals surface area contributed by atoms with Crippen molar-refractivity contribution in [2.75, 3.05) is 0 Å². The van der Waals surface area contributed by atoms with E-state index in [0.29, 0.717) is 44.6 Å². The van der Waals surface area contributed by atoms with Crippen LogP contribution in [0.1, 0.15) is 103 Å². The van der Waals surface area contributed by atoms with Crippen LogP contribution in [0.3, 0.4) is 0 Å². The van der Waals surface area contributed by atoms with Gasteiger partial charge in [0.1, 0.15) is 5.60 Å². The van der Waals surface area contributed by atoms with Gasteiger partial charge in [-0.1, -0.05) is 132 Å². The molecule has 0 amide bonds.